The number of rotatable bonds is 5. The number of hydrogen-bond donors (Lipinski definition) is 3. The van der Waals surface area contributed by atoms with Gasteiger partial charge in [0, 0.05) is 19.5 Å². The fraction of sp³-hybridized carbons (Fsp3) is 0.750. The van der Waals surface area contributed by atoms with Gasteiger partial charge in [0.25, 0.3) is 10.0 Å². The van der Waals surface area contributed by atoms with Gasteiger partial charge < -0.3 is 10.3 Å². The van der Waals surface area contributed by atoms with Gasteiger partial charge in [-0.05, 0) is 24.8 Å². The van der Waals surface area contributed by atoms with E-state index < -0.39 is 10.0 Å². The first kappa shape index (κ1) is 14.5. The van der Waals surface area contributed by atoms with Crippen molar-refractivity contribution >= 4 is 10.0 Å². The van der Waals surface area contributed by atoms with Gasteiger partial charge in [-0.25, -0.2) is 18.1 Å². The lowest BCUT2D eigenvalue weighted by Gasteiger charge is -2.34. The Kier molecular flexibility index (Phi) is 4.27. The molecule has 1 fully saturated rings. The van der Waals surface area contributed by atoms with Crippen molar-refractivity contribution in [2.45, 2.75) is 38.1 Å². The Morgan fingerprint density at radius 2 is 2.32 bits per heavy atom. The van der Waals surface area contributed by atoms with Crippen molar-refractivity contribution in [1.82, 2.24) is 20.0 Å². The summed E-state index contributed by atoms with van der Waals surface area (Å²) in [6.07, 6.45) is 4.19. The summed E-state index contributed by atoms with van der Waals surface area (Å²) in [6.45, 7) is 6.34. The van der Waals surface area contributed by atoms with Crippen LogP contribution in [0.25, 0.3) is 0 Å². The Hall–Kier alpha value is -0.920. The molecule has 2 rings (SSSR count). The van der Waals surface area contributed by atoms with Crippen molar-refractivity contribution in [3.05, 3.63) is 12.0 Å². The van der Waals surface area contributed by atoms with Crippen LogP contribution in [0.5, 0.6) is 0 Å². The summed E-state index contributed by atoms with van der Waals surface area (Å²) in [5, 5.41) is 3.46. The van der Waals surface area contributed by atoms with Gasteiger partial charge in [0.05, 0.1) is 6.20 Å². The zero-order valence-electron chi connectivity index (χ0n) is 11.5. The standard InChI is InChI=1S/C12H22N4O2S/c1-3-10-14-7-11(16-10)19(17,18)15-9-12(2)5-4-6-13-8-12/h7,13,15H,3-6,8-9H2,1-2H3,(H,14,16). The van der Waals surface area contributed by atoms with E-state index in [0.717, 1.165) is 25.9 Å². The molecule has 2 heterocycles. The van der Waals surface area contributed by atoms with Gasteiger partial charge in [-0.3, -0.25) is 0 Å². The predicted octanol–water partition coefficient (Wildman–Crippen LogP) is 0.640. The number of aromatic nitrogens is 2. The molecule has 0 radical (unpaired) electrons. The van der Waals surface area contributed by atoms with Crippen molar-refractivity contribution in [2.24, 2.45) is 5.41 Å². The smallest absolute Gasteiger partial charge is 0.257 e. The fourth-order valence-electron chi connectivity index (χ4n) is 2.28. The highest BCUT2D eigenvalue weighted by Crippen LogP contribution is 2.24. The normalized spacial score (nSPS) is 24.5. The first-order valence-corrected chi connectivity index (χ1v) is 8.18. The molecule has 0 amide bonds. The van der Waals surface area contributed by atoms with Crippen LogP contribution < -0.4 is 10.0 Å². The van der Waals surface area contributed by atoms with Crippen LogP contribution in [-0.4, -0.2) is 38.0 Å². The minimum atomic E-state index is -3.48. The lowest BCUT2D eigenvalue weighted by Crippen LogP contribution is -2.45. The van der Waals surface area contributed by atoms with E-state index >= 15 is 0 Å². The SMILES string of the molecule is CCc1ncc(S(=O)(=O)NCC2(C)CCCNC2)[nH]1. The van der Waals surface area contributed by atoms with E-state index in [1.165, 1.54) is 6.20 Å². The van der Waals surface area contributed by atoms with E-state index in [1.807, 2.05) is 6.92 Å². The highest BCUT2D eigenvalue weighted by Gasteiger charge is 2.29. The van der Waals surface area contributed by atoms with Crippen molar-refractivity contribution in [2.75, 3.05) is 19.6 Å². The van der Waals surface area contributed by atoms with Crippen LogP contribution in [0.3, 0.4) is 0 Å². The van der Waals surface area contributed by atoms with E-state index in [1.54, 1.807) is 0 Å². The molecule has 1 unspecified atom stereocenters. The molecule has 7 heteroatoms. The Bertz CT molecular complexity index is 518. The molecule has 1 aliphatic heterocycles. The predicted molar refractivity (Wildman–Crippen MR) is 73.4 cm³/mol. The molecule has 6 nitrogen and oxygen atoms in total. The second-order valence-electron chi connectivity index (χ2n) is 5.46. The lowest BCUT2D eigenvalue weighted by atomic mass is 9.83. The molecule has 108 valence electrons. The molecule has 19 heavy (non-hydrogen) atoms. The maximum atomic E-state index is 12.1. The van der Waals surface area contributed by atoms with Crippen LogP contribution >= 0.6 is 0 Å². The quantitative estimate of drug-likeness (QED) is 0.741. The average Bonchev–Trinajstić information content (AvgIpc) is 2.87. The molecular weight excluding hydrogens is 264 g/mol. The Labute approximate surface area is 114 Å². The average molecular weight is 286 g/mol. The van der Waals surface area contributed by atoms with Crippen LogP contribution in [0, 0.1) is 5.41 Å². The lowest BCUT2D eigenvalue weighted by molar-refractivity contribution is 0.238. The molecule has 0 aliphatic carbocycles. The second kappa shape index (κ2) is 5.60. The van der Waals surface area contributed by atoms with Crippen LogP contribution in [0.1, 0.15) is 32.5 Å². The highest BCUT2D eigenvalue weighted by molar-refractivity contribution is 7.89. The molecule has 1 aromatic heterocycles. The number of nitrogens with one attached hydrogen (secondary N) is 3. The first-order chi connectivity index (χ1) is 8.95. The van der Waals surface area contributed by atoms with E-state index in [0.29, 0.717) is 18.8 Å². The van der Waals surface area contributed by atoms with Crippen molar-refractivity contribution in [3.63, 3.8) is 0 Å². The summed E-state index contributed by atoms with van der Waals surface area (Å²) >= 11 is 0. The van der Waals surface area contributed by atoms with Gasteiger partial charge in [0.1, 0.15) is 5.82 Å². The number of nitrogens with zero attached hydrogens (tertiary/aromatic N) is 1. The molecule has 0 saturated carbocycles. The topological polar surface area (TPSA) is 86.9 Å². The minimum absolute atomic E-state index is 0.0150. The van der Waals surface area contributed by atoms with Gasteiger partial charge >= 0.3 is 0 Å². The van der Waals surface area contributed by atoms with Gasteiger partial charge in [0.2, 0.25) is 0 Å². The monoisotopic (exact) mass is 286 g/mol. The highest BCUT2D eigenvalue weighted by atomic mass is 32.2. The summed E-state index contributed by atoms with van der Waals surface area (Å²) in [7, 11) is -3.48. The number of piperidine rings is 1. The number of hydrogen-bond acceptors (Lipinski definition) is 4. The van der Waals surface area contributed by atoms with Crippen molar-refractivity contribution in [3.8, 4) is 0 Å². The summed E-state index contributed by atoms with van der Waals surface area (Å²) in [5.74, 6) is 0.686. The molecule has 0 aromatic carbocycles. The van der Waals surface area contributed by atoms with Gasteiger partial charge in [-0.2, -0.15) is 0 Å². The maximum Gasteiger partial charge on any atom is 0.257 e. The maximum absolute atomic E-state index is 12.1. The largest absolute Gasteiger partial charge is 0.332 e. The third kappa shape index (κ3) is 3.55. The van der Waals surface area contributed by atoms with Crippen LogP contribution in [0.15, 0.2) is 11.2 Å². The molecule has 3 N–H and O–H groups in total. The molecule has 0 spiro atoms. The van der Waals surface area contributed by atoms with E-state index in [4.69, 9.17) is 0 Å². The van der Waals surface area contributed by atoms with Gasteiger partial charge in [-0.15, -0.1) is 0 Å². The number of H-pyrrole nitrogens is 1. The summed E-state index contributed by atoms with van der Waals surface area (Å²) in [4.78, 5) is 6.85. The molecule has 1 atom stereocenters. The first-order valence-electron chi connectivity index (χ1n) is 6.69. The van der Waals surface area contributed by atoms with E-state index in [-0.39, 0.29) is 10.4 Å². The number of sulfonamides is 1. The summed E-state index contributed by atoms with van der Waals surface area (Å²) < 4.78 is 27.0. The Morgan fingerprint density at radius 1 is 1.53 bits per heavy atom. The molecular formula is C12H22N4O2S. The zero-order chi connectivity index (χ0) is 13.9. The van der Waals surface area contributed by atoms with Crippen molar-refractivity contribution in [1.29, 1.82) is 0 Å². The van der Waals surface area contributed by atoms with Crippen LogP contribution in [-0.2, 0) is 16.4 Å². The van der Waals surface area contributed by atoms with Crippen LogP contribution in [0.4, 0.5) is 0 Å². The van der Waals surface area contributed by atoms with Crippen molar-refractivity contribution < 1.29 is 8.42 Å². The zero-order valence-corrected chi connectivity index (χ0v) is 12.3. The molecule has 1 aromatic rings. The number of imidazole rings is 1. The van der Waals surface area contributed by atoms with E-state index in [2.05, 4.69) is 26.9 Å². The molecule has 1 aliphatic rings. The third-order valence-corrected chi connectivity index (χ3v) is 4.92. The fourth-order valence-corrected chi connectivity index (χ4v) is 3.41. The van der Waals surface area contributed by atoms with Gasteiger partial charge in [-0.1, -0.05) is 13.8 Å². The number of aromatic amines is 1. The summed E-state index contributed by atoms with van der Waals surface area (Å²) in [6, 6.07) is 0. The van der Waals surface area contributed by atoms with Crippen LogP contribution in [0.2, 0.25) is 0 Å². The van der Waals surface area contributed by atoms with E-state index in [9.17, 15) is 8.42 Å². The molecule has 0 bridgehead atoms. The Balaban J connectivity index is 2.01. The van der Waals surface area contributed by atoms with Gasteiger partial charge in [0.15, 0.2) is 5.03 Å². The number of aryl methyl sites for hydroxylation is 1. The molecule has 1 saturated heterocycles. The minimum Gasteiger partial charge on any atom is -0.332 e. The Morgan fingerprint density at radius 3 is 2.89 bits per heavy atom. The third-order valence-electron chi connectivity index (χ3n) is 3.60. The summed E-state index contributed by atoms with van der Waals surface area (Å²) in [5.41, 5.74) is -0.0150. The second-order valence-corrected chi connectivity index (χ2v) is 7.20.